The van der Waals surface area contributed by atoms with Crippen LogP contribution in [0.3, 0.4) is 0 Å². The van der Waals surface area contributed by atoms with Crippen molar-refractivity contribution in [3.05, 3.63) is 94.8 Å². The van der Waals surface area contributed by atoms with Crippen LogP contribution in [0.1, 0.15) is 41.3 Å². The van der Waals surface area contributed by atoms with Crippen LogP contribution in [0.5, 0.6) is 17.2 Å². The third-order valence-corrected chi connectivity index (χ3v) is 7.08. The van der Waals surface area contributed by atoms with Crippen LogP contribution < -0.4 is 14.2 Å². The molecule has 0 aromatic heterocycles. The van der Waals surface area contributed by atoms with Crippen LogP contribution in [0.2, 0.25) is 0 Å². The maximum atomic E-state index is 14.0. The summed E-state index contributed by atoms with van der Waals surface area (Å²) in [6, 6.07) is 20.4. The second kappa shape index (κ2) is 13.3. The van der Waals surface area contributed by atoms with E-state index in [1.807, 2.05) is 42.2 Å². The van der Waals surface area contributed by atoms with E-state index in [4.69, 9.17) is 14.2 Å². The lowest BCUT2D eigenvalue weighted by Crippen LogP contribution is -2.43. The summed E-state index contributed by atoms with van der Waals surface area (Å²) in [6.45, 7) is 4.75. The predicted molar refractivity (Wildman–Crippen MR) is 152 cm³/mol. The van der Waals surface area contributed by atoms with Gasteiger partial charge in [-0.3, -0.25) is 9.69 Å². The van der Waals surface area contributed by atoms with Crippen molar-refractivity contribution in [2.45, 2.75) is 32.4 Å². The van der Waals surface area contributed by atoms with Gasteiger partial charge in [0.15, 0.2) is 11.5 Å². The normalized spacial score (nSPS) is 15.7. The van der Waals surface area contributed by atoms with Gasteiger partial charge in [0.05, 0.1) is 21.3 Å². The summed E-state index contributed by atoms with van der Waals surface area (Å²) in [5.74, 6) is 0.985. The highest BCUT2D eigenvalue weighted by atomic mass is 19.1. The smallest absolute Gasteiger partial charge is 0.254 e. The van der Waals surface area contributed by atoms with E-state index < -0.39 is 0 Å². The lowest BCUT2D eigenvalue weighted by atomic mass is 10.1. The molecule has 0 radical (unpaired) electrons. The molecule has 0 aliphatic carbocycles. The van der Waals surface area contributed by atoms with E-state index in [0.29, 0.717) is 35.9 Å². The maximum Gasteiger partial charge on any atom is 0.254 e. The third kappa shape index (κ3) is 7.18. The van der Waals surface area contributed by atoms with Gasteiger partial charge in [0.25, 0.3) is 5.91 Å². The number of rotatable bonds is 11. The van der Waals surface area contributed by atoms with Gasteiger partial charge in [-0.05, 0) is 61.7 Å². The van der Waals surface area contributed by atoms with E-state index in [0.717, 1.165) is 42.6 Å². The number of hydrogen-bond donors (Lipinski definition) is 0. The lowest BCUT2D eigenvalue weighted by molar-refractivity contribution is 0.0718. The molecule has 1 fully saturated rings. The van der Waals surface area contributed by atoms with Crippen molar-refractivity contribution < 1.29 is 23.4 Å². The first-order valence-corrected chi connectivity index (χ1v) is 13.2. The van der Waals surface area contributed by atoms with Crippen LogP contribution >= 0.6 is 0 Å². The van der Waals surface area contributed by atoms with Crippen LogP contribution in [0.25, 0.3) is 6.08 Å². The molecule has 1 aliphatic rings. The highest BCUT2D eigenvalue weighted by Crippen LogP contribution is 2.38. The molecule has 1 amide bonds. The van der Waals surface area contributed by atoms with Crippen molar-refractivity contribution in [2.75, 3.05) is 41.0 Å². The van der Waals surface area contributed by atoms with Crippen LogP contribution in [0, 0.1) is 5.82 Å². The molecule has 1 unspecified atom stereocenters. The molecule has 206 valence electrons. The molecule has 4 rings (SSSR count). The topological polar surface area (TPSA) is 51.2 Å². The Labute approximate surface area is 230 Å². The van der Waals surface area contributed by atoms with Crippen molar-refractivity contribution in [1.82, 2.24) is 9.80 Å². The first-order chi connectivity index (χ1) is 18.9. The molecule has 1 atom stereocenters. The first-order valence-electron chi connectivity index (χ1n) is 13.2. The number of halogens is 1. The zero-order valence-corrected chi connectivity index (χ0v) is 23.2. The highest BCUT2D eigenvalue weighted by Gasteiger charge is 2.30. The number of benzene rings is 3. The lowest BCUT2D eigenvalue weighted by Gasteiger charge is -2.31. The molecule has 0 spiro atoms. The van der Waals surface area contributed by atoms with Crippen LogP contribution in [-0.2, 0) is 6.54 Å². The van der Waals surface area contributed by atoms with E-state index in [1.165, 1.54) is 12.1 Å². The Morgan fingerprint density at radius 3 is 2.28 bits per heavy atom. The minimum Gasteiger partial charge on any atom is -0.493 e. The van der Waals surface area contributed by atoms with Gasteiger partial charge in [-0.2, -0.15) is 0 Å². The standard InChI is InChI=1S/C32H37FN2O4/c1-23(17-24-9-6-5-7-10-24)20-35(32(36)26-18-29(37-2)31(39-4)30(19-26)38-3)22-28-11-8-16-34(28)21-25-12-14-27(33)15-13-25/h5-7,9-10,12-15,17-19,28H,8,11,16,20-22H2,1-4H3. The summed E-state index contributed by atoms with van der Waals surface area (Å²) in [5, 5.41) is 0. The molecule has 3 aromatic rings. The Hall–Kier alpha value is -3.84. The van der Waals surface area contributed by atoms with Crippen molar-refractivity contribution in [2.24, 2.45) is 0 Å². The summed E-state index contributed by atoms with van der Waals surface area (Å²) in [5.41, 5.74) is 3.70. The second-order valence-electron chi connectivity index (χ2n) is 9.89. The molecule has 3 aromatic carbocycles. The minimum absolute atomic E-state index is 0.108. The summed E-state index contributed by atoms with van der Waals surface area (Å²) < 4.78 is 29.9. The van der Waals surface area contributed by atoms with Gasteiger partial charge in [-0.25, -0.2) is 4.39 Å². The van der Waals surface area contributed by atoms with Crippen molar-refractivity contribution >= 4 is 12.0 Å². The largest absolute Gasteiger partial charge is 0.493 e. The van der Waals surface area contributed by atoms with Crippen LogP contribution in [-0.4, -0.2) is 62.7 Å². The van der Waals surface area contributed by atoms with E-state index in [1.54, 1.807) is 33.5 Å². The number of hydrogen-bond acceptors (Lipinski definition) is 5. The monoisotopic (exact) mass is 532 g/mol. The second-order valence-corrected chi connectivity index (χ2v) is 9.89. The van der Waals surface area contributed by atoms with E-state index in [2.05, 4.69) is 23.1 Å². The molecule has 1 heterocycles. The number of carbonyl (C=O) groups excluding carboxylic acids is 1. The Kier molecular flexibility index (Phi) is 9.60. The van der Waals surface area contributed by atoms with Gasteiger partial charge in [0.1, 0.15) is 5.82 Å². The molecule has 1 aliphatic heterocycles. The Balaban J connectivity index is 1.62. The molecule has 0 saturated carbocycles. The SMILES string of the molecule is COc1cc(C(=O)N(CC(C)=Cc2ccccc2)CC2CCCN2Cc2ccc(F)cc2)cc(OC)c1OC. The van der Waals surface area contributed by atoms with Crippen LogP contribution in [0.4, 0.5) is 4.39 Å². The van der Waals surface area contributed by atoms with Gasteiger partial charge in [0, 0.05) is 31.2 Å². The highest BCUT2D eigenvalue weighted by molar-refractivity contribution is 5.96. The molecule has 7 heteroatoms. The van der Waals surface area contributed by atoms with Crippen LogP contribution in [0.15, 0.2) is 72.3 Å². The fourth-order valence-electron chi connectivity index (χ4n) is 5.18. The van der Waals surface area contributed by atoms with E-state index in [9.17, 15) is 9.18 Å². The predicted octanol–water partition coefficient (Wildman–Crippen LogP) is 6.06. The van der Waals surface area contributed by atoms with Gasteiger partial charge in [-0.15, -0.1) is 0 Å². The Bertz CT molecular complexity index is 1250. The number of likely N-dealkylation sites (tertiary alicyclic amines) is 1. The number of ether oxygens (including phenoxy) is 3. The quantitative estimate of drug-likeness (QED) is 0.300. The number of carbonyl (C=O) groups is 1. The Morgan fingerprint density at radius 1 is 1.00 bits per heavy atom. The fraction of sp³-hybridized carbons (Fsp3) is 0.344. The fourth-order valence-corrected chi connectivity index (χ4v) is 5.18. The molecule has 6 nitrogen and oxygen atoms in total. The zero-order valence-electron chi connectivity index (χ0n) is 23.2. The summed E-state index contributed by atoms with van der Waals surface area (Å²) >= 11 is 0. The summed E-state index contributed by atoms with van der Waals surface area (Å²) in [6.07, 6.45) is 4.15. The maximum absolute atomic E-state index is 14.0. The average Bonchev–Trinajstić information content (AvgIpc) is 3.39. The van der Waals surface area contributed by atoms with E-state index >= 15 is 0 Å². The van der Waals surface area contributed by atoms with Crippen molar-refractivity contribution in [3.8, 4) is 17.2 Å². The third-order valence-electron chi connectivity index (χ3n) is 7.08. The number of amides is 1. The Morgan fingerprint density at radius 2 is 1.67 bits per heavy atom. The van der Waals surface area contributed by atoms with Gasteiger partial charge < -0.3 is 19.1 Å². The molecule has 0 bridgehead atoms. The molecular formula is C32H37FN2O4. The van der Waals surface area contributed by atoms with Gasteiger partial charge in [0.2, 0.25) is 5.75 Å². The van der Waals surface area contributed by atoms with Gasteiger partial charge >= 0.3 is 0 Å². The molecule has 0 N–H and O–H groups in total. The van der Waals surface area contributed by atoms with E-state index in [-0.39, 0.29) is 17.8 Å². The number of methoxy groups -OCH3 is 3. The summed E-state index contributed by atoms with van der Waals surface area (Å²) in [4.78, 5) is 18.3. The van der Waals surface area contributed by atoms with Gasteiger partial charge in [-0.1, -0.05) is 54.1 Å². The average molecular weight is 533 g/mol. The molecule has 1 saturated heterocycles. The molecular weight excluding hydrogens is 495 g/mol. The first kappa shape index (κ1) is 28.2. The van der Waals surface area contributed by atoms with Crippen molar-refractivity contribution in [1.29, 1.82) is 0 Å². The van der Waals surface area contributed by atoms with Crippen molar-refractivity contribution in [3.63, 3.8) is 0 Å². The zero-order chi connectivity index (χ0) is 27.8. The number of nitrogens with zero attached hydrogens (tertiary/aromatic N) is 2. The minimum atomic E-state index is -0.237. The summed E-state index contributed by atoms with van der Waals surface area (Å²) in [7, 11) is 4.63. The molecule has 39 heavy (non-hydrogen) atoms.